The summed E-state index contributed by atoms with van der Waals surface area (Å²) in [5.41, 5.74) is 4.18. The molecule has 0 aromatic carbocycles. The van der Waals surface area contributed by atoms with Crippen molar-refractivity contribution in [2.24, 2.45) is 16.3 Å². The first-order valence-electron chi connectivity index (χ1n) is 4.15. The van der Waals surface area contributed by atoms with Crippen molar-refractivity contribution in [1.29, 1.82) is 0 Å². The molecule has 0 saturated heterocycles. The smallest absolute Gasteiger partial charge is 0.0863 e. The van der Waals surface area contributed by atoms with Gasteiger partial charge in [0.05, 0.1) is 11.4 Å². The lowest BCUT2D eigenvalue weighted by molar-refractivity contribution is 0.626. The third kappa shape index (κ3) is 2.29. The summed E-state index contributed by atoms with van der Waals surface area (Å²) in [5, 5.41) is 0. The molecule has 0 bridgehead atoms. The SMILES string of the molecule is C=NC1=C(NN)C=CC(C)(C)C=C1. The number of allylic oxidation sites excluding steroid dienone is 4. The molecule has 0 saturated carbocycles. The number of nitrogens with zero attached hydrogens (tertiary/aromatic N) is 1. The van der Waals surface area contributed by atoms with Gasteiger partial charge in [0.15, 0.2) is 0 Å². The molecule has 0 aromatic rings. The minimum atomic E-state index is 0.0363. The van der Waals surface area contributed by atoms with Gasteiger partial charge >= 0.3 is 0 Å². The zero-order chi connectivity index (χ0) is 9.90. The minimum Gasteiger partial charge on any atom is -0.322 e. The van der Waals surface area contributed by atoms with Gasteiger partial charge in [0.1, 0.15) is 0 Å². The molecule has 3 N–H and O–H groups in total. The van der Waals surface area contributed by atoms with Crippen LogP contribution in [0, 0.1) is 5.41 Å². The van der Waals surface area contributed by atoms with E-state index in [1.54, 1.807) is 0 Å². The molecule has 0 amide bonds. The summed E-state index contributed by atoms with van der Waals surface area (Å²) in [5.74, 6) is 5.35. The molecule has 0 unspecified atom stereocenters. The van der Waals surface area contributed by atoms with E-state index in [4.69, 9.17) is 5.84 Å². The van der Waals surface area contributed by atoms with Crippen molar-refractivity contribution in [2.75, 3.05) is 0 Å². The molecule has 0 radical (unpaired) electrons. The van der Waals surface area contributed by atoms with Crippen LogP contribution in [0.4, 0.5) is 0 Å². The summed E-state index contributed by atoms with van der Waals surface area (Å²) in [6.07, 6.45) is 7.97. The fourth-order valence-corrected chi connectivity index (χ4v) is 1.08. The normalized spacial score (nSPS) is 19.9. The highest BCUT2D eigenvalue weighted by Gasteiger charge is 2.12. The van der Waals surface area contributed by atoms with Gasteiger partial charge in [-0.15, -0.1) is 0 Å². The summed E-state index contributed by atoms with van der Waals surface area (Å²) >= 11 is 0. The van der Waals surface area contributed by atoms with Crippen LogP contribution in [0.15, 0.2) is 40.7 Å². The van der Waals surface area contributed by atoms with E-state index in [0.717, 1.165) is 11.4 Å². The van der Waals surface area contributed by atoms with Crippen molar-refractivity contribution in [1.82, 2.24) is 5.43 Å². The van der Waals surface area contributed by atoms with E-state index in [9.17, 15) is 0 Å². The van der Waals surface area contributed by atoms with Crippen LogP contribution in [-0.4, -0.2) is 6.72 Å². The second-order valence-corrected chi connectivity index (χ2v) is 3.59. The van der Waals surface area contributed by atoms with Crippen molar-refractivity contribution in [3.8, 4) is 0 Å². The zero-order valence-electron chi connectivity index (χ0n) is 8.04. The maximum atomic E-state index is 5.35. The highest BCUT2D eigenvalue weighted by atomic mass is 15.2. The monoisotopic (exact) mass is 177 g/mol. The van der Waals surface area contributed by atoms with Gasteiger partial charge in [0, 0.05) is 5.41 Å². The number of hydrogen-bond donors (Lipinski definition) is 2. The first-order chi connectivity index (χ1) is 6.09. The Morgan fingerprint density at radius 1 is 1.38 bits per heavy atom. The van der Waals surface area contributed by atoms with Gasteiger partial charge in [-0.2, -0.15) is 0 Å². The van der Waals surface area contributed by atoms with E-state index in [-0.39, 0.29) is 5.41 Å². The van der Waals surface area contributed by atoms with Crippen molar-refractivity contribution < 1.29 is 0 Å². The predicted octanol–water partition coefficient (Wildman–Crippen LogP) is 1.51. The number of aliphatic imine (C=N–C) groups is 1. The summed E-state index contributed by atoms with van der Waals surface area (Å²) in [4.78, 5) is 3.87. The zero-order valence-corrected chi connectivity index (χ0v) is 8.04. The molecule has 1 aliphatic rings. The van der Waals surface area contributed by atoms with Crippen molar-refractivity contribution in [3.63, 3.8) is 0 Å². The number of hydrazine groups is 1. The molecule has 0 aromatic heterocycles. The predicted molar refractivity (Wildman–Crippen MR) is 56.0 cm³/mol. The Kier molecular flexibility index (Phi) is 2.68. The molecule has 0 fully saturated rings. The van der Waals surface area contributed by atoms with Crippen LogP contribution in [0.2, 0.25) is 0 Å². The molecule has 0 heterocycles. The van der Waals surface area contributed by atoms with Crippen LogP contribution in [0.25, 0.3) is 0 Å². The lowest BCUT2D eigenvalue weighted by atomic mass is 9.93. The van der Waals surface area contributed by atoms with E-state index in [1.165, 1.54) is 0 Å². The molecular formula is C10H15N3. The van der Waals surface area contributed by atoms with Crippen molar-refractivity contribution >= 4 is 6.72 Å². The van der Waals surface area contributed by atoms with Gasteiger partial charge in [0.2, 0.25) is 0 Å². The minimum absolute atomic E-state index is 0.0363. The summed E-state index contributed by atoms with van der Waals surface area (Å²) in [7, 11) is 0. The van der Waals surface area contributed by atoms with E-state index >= 15 is 0 Å². The van der Waals surface area contributed by atoms with E-state index in [2.05, 4.69) is 43.1 Å². The Balaban J connectivity index is 3.09. The lowest BCUT2D eigenvalue weighted by Gasteiger charge is -2.12. The van der Waals surface area contributed by atoms with Gasteiger partial charge in [-0.1, -0.05) is 26.0 Å². The standard InChI is InChI=1S/C10H15N3/c1-10(2)6-4-8(12-3)9(13-11)5-7-10/h4-7,13H,3,11H2,1-2H3. The molecule has 0 atom stereocenters. The van der Waals surface area contributed by atoms with Crippen LogP contribution >= 0.6 is 0 Å². The third-order valence-electron chi connectivity index (χ3n) is 1.95. The van der Waals surface area contributed by atoms with E-state index < -0.39 is 0 Å². The summed E-state index contributed by atoms with van der Waals surface area (Å²) in [6, 6.07) is 0. The Morgan fingerprint density at radius 3 is 2.54 bits per heavy atom. The van der Waals surface area contributed by atoms with Crippen LogP contribution < -0.4 is 11.3 Å². The topological polar surface area (TPSA) is 50.4 Å². The molecule has 1 aliphatic carbocycles. The number of rotatable bonds is 2. The van der Waals surface area contributed by atoms with Crippen molar-refractivity contribution in [2.45, 2.75) is 13.8 Å². The largest absolute Gasteiger partial charge is 0.322 e. The van der Waals surface area contributed by atoms with Crippen molar-refractivity contribution in [3.05, 3.63) is 35.7 Å². The molecule has 0 spiro atoms. The van der Waals surface area contributed by atoms with Crippen LogP contribution in [0.3, 0.4) is 0 Å². The van der Waals surface area contributed by atoms with Gasteiger partial charge in [-0.05, 0) is 18.9 Å². The number of nitrogens with two attached hydrogens (primary N) is 1. The molecule has 0 aliphatic heterocycles. The fraction of sp³-hybridized carbons (Fsp3) is 0.300. The van der Waals surface area contributed by atoms with Gasteiger partial charge < -0.3 is 5.43 Å². The highest BCUT2D eigenvalue weighted by molar-refractivity contribution is 5.41. The Hall–Kier alpha value is -1.35. The molecule has 13 heavy (non-hydrogen) atoms. The fourth-order valence-electron chi connectivity index (χ4n) is 1.08. The van der Waals surface area contributed by atoms with Crippen LogP contribution in [0.5, 0.6) is 0 Å². The van der Waals surface area contributed by atoms with Crippen LogP contribution in [-0.2, 0) is 0 Å². The molecule has 3 heteroatoms. The quantitative estimate of drug-likeness (QED) is 0.381. The number of hydrogen-bond acceptors (Lipinski definition) is 3. The van der Waals surface area contributed by atoms with Gasteiger partial charge in [0.25, 0.3) is 0 Å². The van der Waals surface area contributed by atoms with E-state index in [0.29, 0.717) is 0 Å². The average Bonchev–Trinajstić information content (AvgIpc) is 2.23. The Labute approximate surface area is 78.7 Å². The Morgan fingerprint density at radius 2 is 2.00 bits per heavy atom. The first kappa shape index (κ1) is 9.74. The molecule has 3 nitrogen and oxygen atoms in total. The van der Waals surface area contributed by atoms with Gasteiger partial charge in [-0.3, -0.25) is 10.8 Å². The highest BCUT2D eigenvalue weighted by Crippen LogP contribution is 2.24. The number of nitrogens with one attached hydrogen (secondary N) is 1. The first-order valence-corrected chi connectivity index (χ1v) is 4.15. The second kappa shape index (κ2) is 3.58. The lowest BCUT2D eigenvalue weighted by Crippen LogP contribution is -2.20. The van der Waals surface area contributed by atoms with Crippen LogP contribution in [0.1, 0.15) is 13.8 Å². The Bertz CT molecular complexity index is 295. The maximum absolute atomic E-state index is 5.35. The second-order valence-electron chi connectivity index (χ2n) is 3.59. The average molecular weight is 177 g/mol. The third-order valence-corrected chi connectivity index (χ3v) is 1.95. The molecule has 1 rings (SSSR count). The molecule has 70 valence electrons. The molecular weight excluding hydrogens is 162 g/mol. The van der Waals surface area contributed by atoms with E-state index in [1.807, 2.05) is 12.2 Å². The maximum Gasteiger partial charge on any atom is 0.0863 e. The summed E-state index contributed by atoms with van der Waals surface area (Å²) in [6.45, 7) is 7.71. The summed E-state index contributed by atoms with van der Waals surface area (Å²) < 4.78 is 0. The van der Waals surface area contributed by atoms with Gasteiger partial charge in [-0.25, -0.2) is 0 Å².